The summed E-state index contributed by atoms with van der Waals surface area (Å²) in [6, 6.07) is 0.200. The fourth-order valence-electron chi connectivity index (χ4n) is 4.10. The molecule has 0 saturated carbocycles. The summed E-state index contributed by atoms with van der Waals surface area (Å²) >= 11 is 0.753. The highest BCUT2D eigenvalue weighted by Gasteiger charge is 2.30. The maximum Gasteiger partial charge on any atom is 0.354 e. The Labute approximate surface area is 179 Å². The van der Waals surface area contributed by atoms with E-state index in [9.17, 15) is 18.5 Å². The van der Waals surface area contributed by atoms with Gasteiger partial charge >= 0.3 is 6.03 Å². The lowest BCUT2D eigenvalue weighted by Gasteiger charge is -2.15. The summed E-state index contributed by atoms with van der Waals surface area (Å²) in [5.74, 6) is -0.529. The van der Waals surface area contributed by atoms with Gasteiger partial charge in [0.2, 0.25) is 0 Å². The van der Waals surface area contributed by atoms with Gasteiger partial charge in [-0.3, -0.25) is 4.98 Å². The average molecular weight is 453 g/mol. The molecule has 0 aromatic carbocycles. The molecule has 0 bridgehead atoms. The normalized spacial score (nSPS) is 19.9. The number of rotatable bonds is 3. The number of aliphatic hydroxyl groups is 1. The summed E-state index contributed by atoms with van der Waals surface area (Å²) in [5, 5.41) is 18.6. The molecule has 4 N–H and O–H groups in total. The number of pyridine rings is 1. The Morgan fingerprint density at radius 3 is 2.80 bits per heavy atom. The Bertz CT molecular complexity index is 1160. The SMILES string of the molecule is CC1CCc2c1nc1c(c2NC(=O)N=[S@@](N)(=O)c2sc(C(C)(C)O)cc2F)CCC1. The molecule has 2 atom stereocenters. The number of amides is 2. The molecule has 162 valence electrons. The Hall–Kier alpha value is -1.88. The zero-order valence-corrected chi connectivity index (χ0v) is 18.8. The van der Waals surface area contributed by atoms with Crippen molar-refractivity contribution in [2.75, 3.05) is 5.32 Å². The van der Waals surface area contributed by atoms with Gasteiger partial charge < -0.3 is 10.4 Å². The average Bonchev–Trinajstić information content (AvgIpc) is 3.33. The van der Waals surface area contributed by atoms with Crippen LogP contribution in [0.5, 0.6) is 0 Å². The van der Waals surface area contributed by atoms with Gasteiger partial charge in [0.1, 0.15) is 0 Å². The fraction of sp³-hybridized carbons (Fsp3) is 0.500. The van der Waals surface area contributed by atoms with E-state index in [1.165, 1.54) is 13.8 Å². The third kappa shape index (κ3) is 3.77. The molecular weight excluding hydrogens is 427 g/mol. The molecule has 2 aliphatic rings. The van der Waals surface area contributed by atoms with Crippen LogP contribution in [0.2, 0.25) is 0 Å². The number of hydrogen-bond donors (Lipinski definition) is 3. The molecule has 2 heterocycles. The quantitative estimate of drug-likeness (QED) is 0.653. The van der Waals surface area contributed by atoms with E-state index < -0.39 is 27.4 Å². The molecule has 2 amide bonds. The van der Waals surface area contributed by atoms with Gasteiger partial charge in [-0.25, -0.2) is 18.5 Å². The van der Waals surface area contributed by atoms with Crippen molar-refractivity contribution in [3.8, 4) is 0 Å². The van der Waals surface area contributed by atoms with Gasteiger partial charge in [-0.05, 0) is 69.1 Å². The second-order valence-electron chi connectivity index (χ2n) is 8.46. The first kappa shape index (κ1) is 21.4. The third-order valence-corrected chi connectivity index (χ3v) is 8.97. The van der Waals surface area contributed by atoms with Crippen molar-refractivity contribution in [3.63, 3.8) is 0 Å². The molecule has 2 aliphatic carbocycles. The van der Waals surface area contributed by atoms with Crippen LogP contribution in [0, 0.1) is 5.82 Å². The summed E-state index contributed by atoms with van der Waals surface area (Å²) in [7, 11) is -3.81. The van der Waals surface area contributed by atoms with E-state index in [-0.39, 0.29) is 9.09 Å². The van der Waals surface area contributed by atoms with Gasteiger partial charge in [0, 0.05) is 16.3 Å². The second kappa shape index (κ2) is 7.37. The Morgan fingerprint density at radius 1 is 1.40 bits per heavy atom. The van der Waals surface area contributed by atoms with Crippen LogP contribution in [0.4, 0.5) is 14.9 Å². The molecule has 0 radical (unpaired) electrons. The first-order chi connectivity index (χ1) is 14.0. The number of carbonyl (C=O) groups is 1. The lowest BCUT2D eigenvalue weighted by atomic mass is 10.0. The van der Waals surface area contributed by atoms with Crippen molar-refractivity contribution < 1.29 is 18.5 Å². The maximum atomic E-state index is 14.4. The Balaban J connectivity index is 1.69. The largest absolute Gasteiger partial charge is 0.385 e. The van der Waals surface area contributed by atoms with Gasteiger partial charge in [-0.1, -0.05) is 6.92 Å². The van der Waals surface area contributed by atoms with E-state index in [4.69, 9.17) is 10.1 Å². The number of carbonyl (C=O) groups excluding carboxylic acids is 1. The summed E-state index contributed by atoms with van der Waals surface area (Å²) in [4.78, 5) is 17.7. The number of nitrogens with one attached hydrogen (secondary N) is 1. The van der Waals surface area contributed by atoms with E-state index in [1.54, 1.807) is 0 Å². The van der Waals surface area contributed by atoms with Crippen LogP contribution in [0.1, 0.15) is 66.9 Å². The predicted octanol–water partition coefficient (Wildman–Crippen LogP) is 3.98. The highest BCUT2D eigenvalue weighted by molar-refractivity contribution is 7.93. The van der Waals surface area contributed by atoms with Crippen molar-refractivity contribution in [3.05, 3.63) is 39.3 Å². The molecule has 2 aromatic rings. The van der Waals surface area contributed by atoms with E-state index in [0.29, 0.717) is 11.6 Å². The summed E-state index contributed by atoms with van der Waals surface area (Å²) < 4.78 is 30.5. The van der Waals surface area contributed by atoms with Gasteiger partial charge in [-0.2, -0.15) is 0 Å². The van der Waals surface area contributed by atoms with Gasteiger partial charge in [0.05, 0.1) is 11.3 Å². The van der Waals surface area contributed by atoms with Crippen molar-refractivity contribution >= 4 is 33.0 Å². The lowest BCUT2D eigenvalue weighted by molar-refractivity contribution is 0.0823. The zero-order chi connectivity index (χ0) is 21.8. The number of hydrogen-bond acceptors (Lipinski definition) is 5. The third-order valence-electron chi connectivity index (χ3n) is 5.63. The van der Waals surface area contributed by atoms with Gasteiger partial charge in [-0.15, -0.1) is 15.7 Å². The number of halogens is 1. The summed E-state index contributed by atoms with van der Waals surface area (Å²) in [6.45, 7) is 5.08. The lowest BCUT2D eigenvalue weighted by Crippen LogP contribution is -2.19. The van der Waals surface area contributed by atoms with Gasteiger partial charge in [0.25, 0.3) is 0 Å². The molecule has 30 heavy (non-hydrogen) atoms. The van der Waals surface area contributed by atoms with E-state index >= 15 is 0 Å². The number of aromatic nitrogens is 1. The molecular formula is C20H25FN4O3S2. The molecule has 0 fully saturated rings. The van der Waals surface area contributed by atoms with E-state index in [2.05, 4.69) is 16.6 Å². The van der Waals surface area contributed by atoms with Crippen LogP contribution in [0.3, 0.4) is 0 Å². The molecule has 0 aliphatic heterocycles. The van der Waals surface area contributed by atoms with Crippen LogP contribution in [0.25, 0.3) is 0 Å². The number of anilines is 1. The minimum Gasteiger partial charge on any atom is -0.385 e. The number of urea groups is 1. The molecule has 1 unspecified atom stereocenters. The summed E-state index contributed by atoms with van der Waals surface area (Å²) in [6.07, 6.45) is 4.40. The Kier molecular flexibility index (Phi) is 5.24. The first-order valence-electron chi connectivity index (χ1n) is 9.90. The number of nitrogens with zero attached hydrogens (tertiary/aromatic N) is 2. The molecule has 4 rings (SSSR count). The molecule has 10 heteroatoms. The number of aryl methyl sites for hydroxylation is 1. The number of fused-ring (bicyclic) bond motifs is 2. The highest BCUT2D eigenvalue weighted by Crippen LogP contribution is 2.41. The topological polar surface area (TPSA) is 118 Å². The van der Waals surface area contributed by atoms with Crippen molar-refractivity contribution in [2.45, 2.75) is 68.6 Å². The van der Waals surface area contributed by atoms with Crippen LogP contribution < -0.4 is 10.5 Å². The molecule has 0 spiro atoms. The van der Waals surface area contributed by atoms with Crippen LogP contribution in [-0.4, -0.2) is 20.3 Å². The predicted molar refractivity (Wildman–Crippen MR) is 115 cm³/mol. The van der Waals surface area contributed by atoms with E-state index in [1.807, 2.05) is 0 Å². The van der Waals surface area contributed by atoms with Crippen molar-refractivity contribution in [2.24, 2.45) is 9.50 Å². The maximum absolute atomic E-state index is 14.4. The second-order valence-corrected chi connectivity index (χ2v) is 11.5. The standard InChI is InChI=1S/C20H25FN4O3S2/c1-10-7-8-12-16(10)23-14-6-4-5-11(14)17(12)24-19(26)25-30(22,28)18-13(21)9-15(29-18)20(2,3)27/h9-10,27H,4-8H2,1-3H3,(H3,22,23,24,25,26,28)/t10?,30-/m1/s1. The summed E-state index contributed by atoms with van der Waals surface area (Å²) in [5.41, 5.74) is 3.37. The molecule has 0 saturated heterocycles. The first-order valence-corrected chi connectivity index (χ1v) is 12.3. The van der Waals surface area contributed by atoms with Crippen LogP contribution >= 0.6 is 11.3 Å². The Morgan fingerprint density at radius 2 is 2.13 bits per heavy atom. The van der Waals surface area contributed by atoms with Crippen molar-refractivity contribution in [1.29, 1.82) is 0 Å². The minimum absolute atomic E-state index is 0.252. The van der Waals surface area contributed by atoms with Gasteiger partial charge in [0.15, 0.2) is 19.9 Å². The highest BCUT2D eigenvalue weighted by atomic mass is 32.2. The van der Waals surface area contributed by atoms with Crippen LogP contribution in [-0.2, 0) is 34.8 Å². The van der Waals surface area contributed by atoms with E-state index in [0.717, 1.165) is 72.0 Å². The van der Waals surface area contributed by atoms with Crippen LogP contribution in [0.15, 0.2) is 14.6 Å². The zero-order valence-electron chi connectivity index (χ0n) is 17.1. The molecule has 7 nitrogen and oxygen atoms in total. The molecule has 2 aromatic heterocycles. The van der Waals surface area contributed by atoms with Crippen molar-refractivity contribution in [1.82, 2.24) is 4.98 Å². The minimum atomic E-state index is -3.81. The number of nitrogens with two attached hydrogens (primary N) is 1. The smallest absolute Gasteiger partial charge is 0.354 e. The number of thiophene rings is 1. The monoisotopic (exact) mass is 452 g/mol. The fourth-order valence-corrected chi connectivity index (χ4v) is 6.44.